The highest BCUT2D eigenvalue weighted by Crippen LogP contribution is 2.31. The number of carbonyl (C=O) groups is 1. The van der Waals surface area contributed by atoms with Crippen molar-refractivity contribution in [2.45, 2.75) is 18.8 Å². The third kappa shape index (κ3) is 3.15. The second-order valence-corrected chi connectivity index (χ2v) is 5.84. The zero-order valence-corrected chi connectivity index (χ0v) is 12.7. The van der Waals surface area contributed by atoms with Gasteiger partial charge in [-0.15, -0.1) is 0 Å². The van der Waals surface area contributed by atoms with Gasteiger partial charge in [0.05, 0.1) is 17.0 Å². The molecule has 112 valence electrons. The summed E-state index contributed by atoms with van der Waals surface area (Å²) in [7, 11) is 0. The predicted octanol–water partition coefficient (Wildman–Crippen LogP) is 4.62. The number of fused-ring (bicyclic) bond motifs is 1. The van der Waals surface area contributed by atoms with Crippen molar-refractivity contribution in [1.29, 1.82) is 0 Å². The molecule has 0 aliphatic carbocycles. The van der Waals surface area contributed by atoms with Gasteiger partial charge >= 0.3 is 5.97 Å². The second kappa shape index (κ2) is 6.24. The third-order valence-corrected chi connectivity index (χ3v) is 4.15. The van der Waals surface area contributed by atoms with Gasteiger partial charge in [-0.25, -0.2) is 0 Å². The lowest BCUT2D eigenvalue weighted by Crippen LogP contribution is -2.09. The summed E-state index contributed by atoms with van der Waals surface area (Å²) in [6.45, 7) is 0. The van der Waals surface area contributed by atoms with Crippen LogP contribution in [0.15, 0.2) is 54.7 Å². The minimum absolute atomic E-state index is 0.0845. The average molecular weight is 314 g/mol. The van der Waals surface area contributed by atoms with Crippen molar-refractivity contribution < 1.29 is 9.90 Å². The molecular formula is C18H16ClNO2. The zero-order valence-electron chi connectivity index (χ0n) is 11.9. The van der Waals surface area contributed by atoms with Crippen molar-refractivity contribution in [2.75, 3.05) is 0 Å². The molecule has 3 aromatic rings. The van der Waals surface area contributed by atoms with Crippen LogP contribution in [0.4, 0.5) is 0 Å². The van der Waals surface area contributed by atoms with E-state index in [1.165, 1.54) is 0 Å². The lowest BCUT2D eigenvalue weighted by Gasteiger charge is -2.16. The summed E-state index contributed by atoms with van der Waals surface area (Å²) in [5.41, 5.74) is 2.97. The van der Waals surface area contributed by atoms with Crippen LogP contribution in [-0.2, 0) is 11.2 Å². The summed E-state index contributed by atoms with van der Waals surface area (Å²) < 4.78 is 0. The molecule has 1 atom stereocenters. The Morgan fingerprint density at radius 1 is 1.18 bits per heavy atom. The van der Waals surface area contributed by atoms with Gasteiger partial charge in [-0.2, -0.15) is 0 Å². The van der Waals surface area contributed by atoms with Gasteiger partial charge < -0.3 is 10.1 Å². The Morgan fingerprint density at radius 3 is 2.68 bits per heavy atom. The molecule has 3 rings (SSSR count). The number of rotatable bonds is 5. The van der Waals surface area contributed by atoms with Crippen molar-refractivity contribution >= 4 is 28.5 Å². The SMILES string of the molecule is O=C(O)CC(Cc1ccccc1)c1cc(Cl)c2[nH]ccc2c1. The number of carboxylic acid groups (broad SMARTS) is 1. The lowest BCUT2D eigenvalue weighted by molar-refractivity contribution is -0.137. The van der Waals surface area contributed by atoms with Gasteiger partial charge in [0, 0.05) is 11.6 Å². The molecule has 0 aliphatic heterocycles. The monoisotopic (exact) mass is 313 g/mol. The normalized spacial score (nSPS) is 12.4. The Morgan fingerprint density at radius 2 is 1.95 bits per heavy atom. The molecule has 3 nitrogen and oxygen atoms in total. The summed E-state index contributed by atoms with van der Waals surface area (Å²) >= 11 is 6.31. The molecule has 1 unspecified atom stereocenters. The van der Waals surface area contributed by atoms with Crippen LogP contribution >= 0.6 is 11.6 Å². The summed E-state index contributed by atoms with van der Waals surface area (Å²) in [5.74, 6) is -0.900. The van der Waals surface area contributed by atoms with Gasteiger partial charge in [0.2, 0.25) is 0 Å². The highest BCUT2D eigenvalue weighted by molar-refractivity contribution is 6.35. The summed E-state index contributed by atoms with van der Waals surface area (Å²) in [5, 5.41) is 10.9. The molecule has 0 saturated carbocycles. The largest absolute Gasteiger partial charge is 0.481 e. The number of nitrogens with one attached hydrogen (secondary N) is 1. The zero-order chi connectivity index (χ0) is 15.5. The molecule has 0 saturated heterocycles. The highest BCUT2D eigenvalue weighted by atomic mass is 35.5. The van der Waals surface area contributed by atoms with Crippen LogP contribution in [0.5, 0.6) is 0 Å². The minimum atomic E-state index is -0.800. The first kappa shape index (κ1) is 14.7. The van der Waals surface area contributed by atoms with Crippen LogP contribution in [0.25, 0.3) is 10.9 Å². The van der Waals surface area contributed by atoms with Crippen LogP contribution in [-0.4, -0.2) is 16.1 Å². The standard InChI is InChI=1S/C18H16ClNO2/c19-16-10-15(9-13-6-7-20-18(13)16)14(11-17(21)22)8-12-4-2-1-3-5-12/h1-7,9-10,14,20H,8,11H2,(H,21,22). The number of hydrogen-bond acceptors (Lipinski definition) is 1. The Balaban J connectivity index is 1.97. The third-order valence-electron chi connectivity index (χ3n) is 3.85. The molecule has 0 amide bonds. The molecule has 2 N–H and O–H groups in total. The second-order valence-electron chi connectivity index (χ2n) is 5.43. The molecule has 4 heteroatoms. The molecule has 2 aromatic carbocycles. The molecule has 22 heavy (non-hydrogen) atoms. The van der Waals surface area contributed by atoms with Gasteiger partial charge in [-0.1, -0.05) is 41.9 Å². The summed E-state index contributed by atoms with van der Waals surface area (Å²) in [6.07, 6.45) is 2.60. The van der Waals surface area contributed by atoms with E-state index in [1.54, 1.807) is 0 Å². The minimum Gasteiger partial charge on any atom is -0.481 e. The van der Waals surface area contributed by atoms with E-state index in [4.69, 9.17) is 11.6 Å². The molecule has 0 spiro atoms. The molecule has 0 aliphatic rings. The maximum Gasteiger partial charge on any atom is 0.303 e. The van der Waals surface area contributed by atoms with E-state index < -0.39 is 5.97 Å². The van der Waals surface area contributed by atoms with E-state index in [9.17, 15) is 9.90 Å². The van der Waals surface area contributed by atoms with E-state index in [2.05, 4.69) is 4.98 Å². The molecule has 1 aromatic heterocycles. The topological polar surface area (TPSA) is 53.1 Å². The van der Waals surface area contributed by atoms with Gasteiger partial charge in [0.15, 0.2) is 0 Å². The molecule has 0 bridgehead atoms. The van der Waals surface area contributed by atoms with Crippen molar-refractivity contribution in [2.24, 2.45) is 0 Å². The van der Waals surface area contributed by atoms with Crippen LogP contribution in [0, 0.1) is 0 Å². The Kier molecular flexibility index (Phi) is 4.16. The lowest BCUT2D eigenvalue weighted by atomic mass is 9.89. The van der Waals surface area contributed by atoms with E-state index in [0.29, 0.717) is 11.4 Å². The Bertz CT molecular complexity index is 795. The summed E-state index contributed by atoms with van der Waals surface area (Å²) in [4.78, 5) is 14.3. The van der Waals surface area contributed by atoms with E-state index in [-0.39, 0.29) is 12.3 Å². The molecule has 1 heterocycles. The number of halogens is 1. The smallest absolute Gasteiger partial charge is 0.303 e. The summed E-state index contributed by atoms with van der Waals surface area (Å²) in [6, 6.07) is 15.8. The molecular weight excluding hydrogens is 298 g/mol. The number of aromatic nitrogens is 1. The van der Waals surface area contributed by atoms with Crippen LogP contribution in [0.1, 0.15) is 23.5 Å². The van der Waals surface area contributed by atoms with Crippen LogP contribution < -0.4 is 0 Å². The van der Waals surface area contributed by atoms with Crippen LogP contribution in [0.3, 0.4) is 0 Å². The maximum atomic E-state index is 11.2. The van der Waals surface area contributed by atoms with E-state index >= 15 is 0 Å². The number of carboxylic acids is 1. The van der Waals surface area contributed by atoms with Crippen molar-refractivity contribution in [1.82, 2.24) is 4.98 Å². The number of benzene rings is 2. The van der Waals surface area contributed by atoms with E-state index in [0.717, 1.165) is 22.0 Å². The van der Waals surface area contributed by atoms with Crippen molar-refractivity contribution in [3.05, 3.63) is 70.9 Å². The Labute approximate surface area is 133 Å². The number of aliphatic carboxylic acids is 1. The van der Waals surface area contributed by atoms with Gasteiger partial charge in [-0.05, 0) is 41.7 Å². The van der Waals surface area contributed by atoms with Gasteiger partial charge in [-0.3, -0.25) is 4.79 Å². The van der Waals surface area contributed by atoms with Gasteiger partial charge in [0.1, 0.15) is 0 Å². The van der Waals surface area contributed by atoms with E-state index in [1.807, 2.05) is 54.7 Å². The number of aromatic amines is 1. The van der Waals surface area contributed by atoms with Crippen molar-refractivity contribution in [3.63, 3.8) is 0 Å². The fraction of sp³-hybridized carbons (Fsp3) is 0.167. The molecule has 0 fully saturated rings. The van der Waals surface area contributed by atoms with Crippen LogP contribution in [0.2, 0.25) is 5.02 Å². The highest BCUT2D eigenvalue weighted by Gasteiger charge is 2.18. The average Bonchev–Trinajstić information content (AvgIpc) is 2.96. The molecule has 0 radical (unpaired) electrons. The predicted molar refractivity (Wildman–Crippen MR) is 88.4 cm³/mol. The number of hydrogen-bond donors (Lipinski definition) is 2. The first-order chi connectivity index (χ1) is 10.6. The Hall–Kier alpha value is -2.26. The maximum absolute atomic E-state index is 11.2. The quantitative estimate of drug-likeness (QED) is 0.722. The van der Waals surface area contributed by atoms with Crippen molar-refractivity contribution in [3.8, 4) is 0 Å². The fourth-order valence-electron chi connectivity index (χ4n) is 2.80. The number of H-pyrrole nitrogens is 1. The fourth-order valence-corrected chi connectivity index (χ4v) is 3.09. The van der Waals surface area contributed by atoms with Gasteiger partial charge in [0.25, 0.3) is 0 Å². The first-order valence-electron chi connectivity index (χ1n) is 7.16. The first-order valence-corrected chi connectivity index (χ1v) is 7.53.